The van der Waals surface area contributed by atoms with Gasteiger partial charge in [0.05, 0.1) is 5.52 Å². The maximum atomic E-state index is 6.16. The Labute approximate surface area is 102 Å². The quantitative estimate of drug-likeness (QED) is 0.742. The van der Waals surface area contributed by atoms with Crippen LogP contribution in [-0.4, -0.2) is 4.57 Å². The highest BCUT2D eigenvalue weighted by Gasteiger charge is 2.20. The van der Waals surface area contributed by atoms with Crippen molar-refractivity contribution < 1.29 is 0 Å². The van der Waals surface area contributed by atoms with Crippen LogP contribution in [0.2, 0.25) is 0 Å². The SMILES string of the molecule is CCn1c2c(c3c(N)cccc31)CC(C)C=C2. The van der Waals surface area contributed by atoms with Crippen molar-refractivity contribution in [3.63, 3.8) is 0 Å². The third-order valence-electron chi connectivity index (χ3n) is 3.69. The Morgan fingerprint density at radius 2 is 2.24 bits per heavy atom. The molecule has 1 aromatic carbocycles. The van der Waals surface area contributed by atoms with Crippen molar-refractivity contribution >= 4 is 22.7 Å². The molecular formula is C15H18N2. The molecule has 0 amide bonds. The summed E-state index contributed by atoms with van der Waals surface area (Å²) < 4.78 is 2.36. The summed E-state index contributed by atoms with van der Waals surface area (Å²) in [6.45, 7) is 5.44. The van der Waals surface area contributed by atoms with Crippen LogP contribution >= 0.6 is 0 Å². The van der Waals surface area contributed by atoms with E-state index in [2.05, 4.69) is 36.6 Å². The lowest BCUT2D eigenvalue weighted by Gasteiger charge is -2.14. The molecule has 2 aromatic rings. The van der Waals surface area contributed by atoms with E-state index in [4.69, 9.17) is 5.73 Å². The van der Waals surface area contributed by atoms with E-state index in [0.717, 1.165) is 18.7 Å². The van der Waals surface area contributed by atoms with E-state index >= 15 is 0 Å². The van der Waals surface area contributed by atoms with Crippen LogP contribution in [0.3, 0.4) is 0 Å². The smallest absolute Gasteiger partial charge is 0.0508 e. The first-order chi connectivity index (χ1) is 8.22. The normalized spacial score (nSPS) is 18.6. The minimum atomic E-state index is 0.609. The molecule has 2 N–H and O–H groups in total. The lowest BCUT2D eigenvalue weighted by atomic mass is 9.93. The van der Waals surface area contributed by atoms with Crippen molar-refractivity contribution in [3.8, 4) is 0 Å². The molecule has 1 unspecified atom stereocenters. The number of benzene rings is 1. The van der Waals surface area contributed by atoms with Gasteiger partial charge in [0.2, 0.25) is 0 Å². The largest absolute Gasteiger partial charge is 0.398 e. The minimum absolute atomic E-state index is 0.609. The van der Waals surface area contributed by atoms with Crippen LogP contribution in [0.4, 0.5) is 5.69 Å². The fourth-order valence-corrected chi connectivity index (χ4v) is 2.92. The highest BCUT2D eigenvalue weighted by atomic mass is 15.0. The first-order valence-corrected chi connectivity index (χ1v) is 6.30. The van der Waals surface area contributed by atoms with Gasteiger partial charge < -0.3 is 10.3 Å². The molecule has 0 aliphatic heterocycles. The Bertz CT molecular complexity index is 605. The molecule has 2 heteroatoms. The van der Waals surface area contributed by atoms with Gasteiger partial charge in [-0.25, -0.2) is 0 Å². The van der Waals surface area contributed by atoms with E-state index in [1.54, 1.807) is 0 Å². The molecule has 0 fully saturated rings. The number of anilines is 1. The van der Waals surface area contributed by atoms with Crippen LogP contribution < -0.4 is 5.73 Å². The first kappa shape index (κ1) is 10.5. The summed E-state index contributed by atoms with van der Waals surface area (Å²) in [6, 6.07) is 6.22. The highest BCUT2D eigenvalue weighted by Crippen LogP contribution is 2.35. The van der Waals surface area contributed by atoms with Gasteiger partial charge in [-0.15, -0.1) is 0 Å². The predicted molar refractivity (Wildman–Crippen MR) is 73.9 cm³/mol. The Morgan fingerprint density at radius 1 is 1.41 bits per heavy atom. The molecule has 2 nitrogen and oxygen atoms in total. The topological polar surface area (TPSA) is 30.9 Å². The number of nitrogens with two attached hydrogens (primary N) is 1. The van der Waals surface area contributed by atoms with Gasteiger partial charge in [-0.1, -0.05) is 19.1 Å². The van der Waals surface area contributed by atoms with E-state index < -0.39 is 0 Å². The van der Waals surface area contributed by atoms with Crippen LogP contribution in [0.25, 0.3) is 17.0 Å². The molecule has 1 atom stereocenters. The predicted octanol–water partition coefficient (Wildman–Crippen LogP) is 3.45. The Morgan fingerprint density at radius 3 is 3.00 bits per heavy atom. The zero-order chi connectivity index (χ0) is 12.0. The van der Waals surface area contributed by atoms with Crippen LogP contribution in [0, 0.1) is 5.92 Å². The average molecular weight is 226 g/mol. The van der Waals surface area contributed by atoms with E-state index in [1.165, 1.54) is 22.2 Å². The highest BCUT2D eigenvalue weighted by molar-refractivity contribution is 5.97. The summed E-state index contributed by atoms with van der Waals surface area (Å²) in [5.74, 6) is 0.609. The summed E-state index contributed by atoms with van der Waals surface area (Å²) in [5, 5.41) is 1.26. The molecule has 1 aromatic heterocycles. The van der Waals surface area contributed by atoms with Gasteiger partial charge in [0.15, 0.2) is 0 Å². The van der Waals surface area contributed by atoms with Gasteiger partial charge in [-0.05, 0) is 43.0 Å². The number of allylic oxidation sites excluding steroid dienone is 1. The molecule has 17 heavy (non-hydrogen) atoms. The monoisotopic (exact) mass is 226 g/mol. The standard InChI is InChI=1S/C15H18N2/c1-3-17-13-8-7-10(2)9-11(13)15-12(16)5-4-6-14(15)17/h4-8,10H,3,9,16H2,1-2H3. The van der Waals surface area contributed by atoms with E-state index in [-0.39, 0.29) is 0 Å². The van der Waals surface area contributed by atoms with Crippen molar-refractivity contribution in [1.29, 1.82) is 0 Å². The first-order valence-electron chi connectivity index (χ1n) is 6.30. The van der Waals surface area contributed by atoms with Crippen LogP contribution in [0.15, 0.2) is 24.3 Å². The van der Waals surface area contributed by atoms with E-state index in [9.17, 15) is 0 Å². The zero-order valence-electron chi connectivity index (χ0n) is 10.4. The average Bonchev–Trinajstić information content (AvgIpc) is 2.63. The van der Waals surface area contributed by atoms with Crippen molar-refractivity contribution in [3.05, 3.63) is 35.5 Å². The van der Waals surface area contributed by atoms with Gasteiger partial charge in [0.25, 0.3) is 0 Å². The van der Waals surface area contributed by atoms with Crippen molar-refractivity contribution in [2.24, 2.45) is 5.92 Å². The summed E-state index contributed by atoms with van der Waals surface area (Å²) in [6.07, 6.45) is 5.65. The van der Waals surface area contributed by atoms with Crippen molar-refractivity contribution in [2.45, 2.75) is 26.8 Å². The fourth-order valence-electron chi connectivity index (χ4n) is 2.92. The molecule has 3 rings (SSSR count). The zero-order valence-corrected chi connectivity index (χ0v) is 10.4. The third kappa shape index (κ3) is 1.40. The number of hydrogen-bond acceptors (Lipinski definition) is 1. The Kier molecular flexibility index (Phi) is 2.25. The summed E-state index contributed by atoms with van der Waals surface area (Å²) >= 11 is 0. The van der Waals surface area contributed by atoms with Gasteiger partial charge in [0.1, 0.15) is 0 Å². The third-order valence-corrected chi connectivity index (χ3v) is 3.69. The lowest BCUT2D eigenvalue weighted by molar-refractivity contribution is 0.703. The second-order valence-electron chi connectivity index (χ2n) is 4.89. The number of aromatic nitrogens is 1. The maximum absolute atomic E-state index is 6.16. The molecule has 88 valence electrons. The van der Waals surface area contributed by atoms with Gasteiger partial charge in [-0.3, -0.25) is 0 Å². The van der Waals surface area contributed by atoms with Crippen molar-refractivity contribution in [2.75, 3.05) is 5.73 Å². The number of aryl methyl sites for hydroxylation is 1. The minimum Gasteiger partial charge on any atom is -0.398 e. The molecular weight excluding hydrogens is 208 g/mol. The molecule has 0 saturated heterocycles. The number of fused-ring (bicyclic) bond motifs is 3. The number of rotatable bonds is 1. The van der Waals surface area contributed by atoms with Crippen LogP contribution in [-0.2, 0) is 13.0 Å². The number of nitrogens with zero attached hydrogens (tertiary/aromatic N) is 1. The molecule has 0 spiro atoms. The molecule has 0 bridgehead atoms. The van der Waals surface area contributed by atoms with E-state index in [1.807, 2.05) is 12.1 Å². The second-order valence-corrected chi connectivity index (χ2v) is 4.89. The van der Waals surface area contributed by atoms with Gasteiger partial charge in [0, 0.05) is 23.3 Å². The molecule has 0 radical (unpaired) electrons. The van der Waals surface area contributed by atoms with Crippen molar-refractivity contribution in [1.82, 2.24) is 4.57 Å². The summed E-state index contributed by atoms with van der Waals surface area (Å²) in [7, 11) is 0. The second kappa shape index (κ2) is 3.66. The lowest BCUT2D eigenvalue weighted by Crippen LogP contribution is -2.05. The van der Waals surface area contributed by atoms with Gasteiger partial charge >= 0.3 is 0 Å². The molecule has 0 saturated carbocycles. The summed E-state index contributed by atoms with van der Waals surface area (Å²) in [4.78, 5) is 0. The van der Waals surface area contributed by atoms with Crippen LogP contribution in [0.5, 0.6) is 0 Å². The van der Waals surface area contributed by atoms with E-state index in [0.29, 0.717) is 5.92 Å². The number of nitrogen functional groups attached to an aromatic ring is 1. The molecule has 1 aliphatic carbocycles. The Balaban J connectivity index is 2.42. The van der Waals surface area contributed by atoms with Gasteiger partial charge in [-0.2, -0.15) is 0 Å². The fraction of sp³-hybridized carbons (Fsp3) is 0.333. The summed E-state index contributed by atoms with van der Waals surface area (Å²) in [5.41, 5.74) is 11.1. The maximum Gasteiger partial charge on any atom is 0.0508 e. The van der Waals surface area contributed by atoms with Crippen LogP contribution in [0.1, 0.15) is 25.1 Å². The number of hydrogen-bond donors (Lipinski definition) is 1. The molecule has 1 heterocycles. The molecule has 1 aliphatic rings. The Hall–Kier alpha value is -1.70.